The number of rotatable bonds is 4. The van der Waals surface area contributed by atoms with Gasteiger partial charge in [-0.05, 0) is 36.4 Å². The van der Waals surface area contributed by atoms with Crippen LogP contribution in [-0.4, -0.2) is 22.5 Å². The van der Waals surface area contributed by atoms with Gasteiger partial charge in [-0.15, -0.1) is 11.6 Å². The van der Waals surface area contributed by atoms with Gasteiger partial charge in [-0.1, -0.05) is 0 Å². The molecule has 1 amide bonds. The Morgan fingerprint density at radius 3 is 2.81 bits per heavy atom. The summed E-state index contributed by atoms with van der Waals surface area (Å²) in [6, 6.07) is 7.02. The lowest BCUT2D eigenvalue weighted by Gasteiger charge is -2.18. The van der Waals surface area contributed by atoms with Gasteiger partial charge in [0.2, 0.25) is 0 Å². The Morgan fingerprint density at radius 2 is 2.14 bits per heavy atom. The van der Waals surface area contributed by atoms with E-state index in [1.807, 2.05) is 30.4 Å². The van der Waals surface area contributed by atoms with Crippen molar-refractivity contribution in [3.63, 3.8) is 0 Å². The van der Waals surface area contributed by atoms with Crippen molar-refractivity contribution in [3.8, 4) is 0 Å². The lowest BCUT2D eigenvalue weighted by molar-refractivity contribution is -0.130. The third kappa shape index (κ3) is 2.92. The van der Waals surface area contributed by atoms with Crippen molar-refractivity contribution in [3.05, 3.63) is 54.4 Å². The van der Waals surface area contributed by atoms with Crippen molar-refractivity contribution in [1.29, 1.82) is 0 Å². The van der Waals surface area contributed by atoms with Gasteiger partial charge in [-0.3, -0.25) is 4.79 Å². The molecule has 0 N–H and O–H groups in total. The summed E-state index contributed by atoms with van der Waals surface area (Å²) in [6.07, 6.45) is 7.40. The van der Waals surface area contributed by atoms with Gasteiger partial charge in [0.15, 0.2) is 0 Å². The van der Waals surface area contributed by atoms with Crippen LogP contribution in [0.5, 0.6) is 0 Å². The molecule has 0 spiro atoms. The second-order valence-electron chi connectivity index (χ2n) is 4.55. The van der Waals surface area contributed by atoms with Crippen LogP contribution in [0.3, 0.4) is 0 Å². The van der Waals surface area contributed by atoms with Crippen LogP contribution >= 0.6 is 11.6 Å². The molecule has 3 heterocycles. The molecule has 0 bridgehead atoms. The van der Waals surface area contributed by atoms with E-state index < -0.39 is 0 Å². The van der Waals surface area contributed by atoms with Crippen molar-refractivity contribution in [2.45, 2.75) is 12.5 Å². The fourth-order valence-electron chi connectivity index (χ4n) is 2.19. The van der Waals surface area contributed by atoms with Crippen LogP contribution in [0.2, 0.25) is 0 Å². The summed E-state index contributed by atoms with van der Waals surface area (Å²) in [7, 11) is 0. The molecule has 6 heteroatoms. The van der Waals surface area contributed by atoms with E-state index >= 15 is 0 Å². The number of furan rings is 2. The molecule has 0 fully saturated rings. The average Bonchev–Trinajstić information content (AvgIpc) is 3.23. The summed E-state index contributed by atoms with van der Waals surface area (Å²) in [4.78, 5) is 11.9. The molecule has 2 aromatic heterocycles. The van der Waals surface area contributed by atoms with E-state index in [-0.39, 0.29) is 17.8 Å². The second kappa shape index (κ2) is 6.01. The van der Waals surface area contributed by atoms with Crippen LogP contribution in [0, 0.1) is 0 Å². The summed E-state index contributed by atoms with van der Waals surface area (Å²) in [5.41, 5.74) is 0.770. The monoisotopic (exact) mass is 304 g/mol. The molecule has 1 aliphatic rings. The first-order valence-corrected chi connectivity index (χ1v) is 7.02. The minimum Gasteiger partial charge on any atom is -0.467 e. The Bertz CT molecular complexity index is 659. The largest absolute Gasteiger partial charge is 0.467 e. The molecule has 0 saturated carbocycles. The van der Waals surface area contributed by atoms with Crippen LogP contribution in [0.25, 0.3) is 6.08 Å². The van der Waals surface area contributed by atoms with E-state index in [0.717, 1.165) is 11.5 Å². The van der Waals surface area contributed by atoms with Gasteiger partial charge in [0.25, 0.3) is 5.91 Å². The normalized spacial score (nSPS) is 18.4. The van der Waals surface area contributed by atoms with Crippen molar-refractivity contribution < 1.29 is 13.6 Å². The van der Waals surface area contributed by atoms with Gasteiger partial charge in [0.1, 0.15) is 23.4 Å². The lowest BCUT2D eigenvalue weighted by atomic mass is 10.1. The fraction of sp³-hybridized carbons (Fsp3) is 0.200. The minimum atomic E-state index is -0.250. The van der Waals surface area contributed by atoms with E-state index in [9.17, 15) is 4.79 Å². The molecule has 1 atom stereocenters. The van der Waals surface area contributed by atoms with Crippen molar-refractivity contribution in [1.82, 2.24) is 5.01 Å². The molecule has 0 aromatic carbocycles. The topological polar surface area (TPSA) is 59.0 Å². The molecule has 0 saturated heterocycles. The second-order valence-corrected chi connectivity index (χ2v) is 4.81. The maximum atomic E-state index is 11.9. The fourth-order valence-corrected chi connectivity index (χ4v) is 2.31. The van der Waals surface area contributed by atoms with Gasteiger partial charge in [0.05, 0.1) is 18.2 Å². The summed E-state index contributed by atoms with van der Waals surface area (Å²) < 4.78 is 10.6. The predicted octanol–water partition coefficient (Wildman–Crippen LogP) is 3.45. The van der Waals surface area contributed by atoms with Crippen molar-refractivity contribution in [2.75, 3.05) is 5.88 Å². The van der Waals surface area contributed by atoms with Crippen molar-refractivity contribution >= 4 is 29.3 Å². The van der Waals surface area contributed by atoms with Crippen LogP contribution in [0.4, 0.5) is 0 Å². The first-order chi connectivity index (χ1) is 10.3. The Kier molecular flexibility index (Phi) is 3.92. The number of carbonyl (C=O) groups excluding carboxylic acids is 1. The summed E-state index contributed by atoms with van der Waals surface area (Å²) in [5.74, 6) is 1.06. The molecular weight excluding hydrogens is 292 g/mol. The molecule has 1 aliphatic heterocycles. The number of halogens is 1. The highest BCUT2D eigenvalue weighted by Gasteiger charge is 2.32. The SMILES string of the molecule is O=C(CCl)N1N=C(C=Cc2ccco2)CC1c1ccco1. The highest BCUT2D eigenvalue weighted by Crippen LogP contribution is 2.31. The van der Waals surface area contributed by atoms with E-state index in [4.69, 9.17) is 20.4 Å². The zero-order valence-corrected chi connectivity index (χ0v) is 11.9. The average molecular weight is 305 g/mol. The van der Waals surface area contributed by atoms with E-state index in [2.05, 4.69) is 5.10 Å². The number of allylic oxidation sites excluding steroid dienone is 1. The summed E-state index contributed by atoms with van der Waals surface area (Å²) in [5, 5.41) is 5.71. The van der Waals surface area contributed by atoms with Crippen LogP contribution in [0.1, 0.15) is 24.0 Å². The van der Waals surface area contributed by atoms with Crippen LogP contribution in [-0.2, 0) is 4.79 Å². The van der Waals surface area contributed by atoms with Crippen molar-refractivity contribution in [2.24, 2.45) is 5.10 Å². The number of amides is 1. The van der Waals surface area contributed by atoms with Gasteiger partial charge < -0.3 is 8.83 Å². The zero-order valence-electron chi connectivity index (χ0n) is 11.1. The first kappa shape index (κ1) is 13.7. The smallest absolute Gasteiger partial charge is 0.258 e. The molecule has 1 unspecified atom stereocenters. The number of alkyl halides is 1. The number of hydrogen-bond donors (Lipinski definition) is 0. The number of hydrazone groups is 1. The molecule has 0 aliphatic carbocycles. The Labute approximate surface area is 126 Å². The lowest BCUT2D eigenvalue weighted by Crippen LogP contribution is -2.27. The third-order valence-electron chi connectivity index (χ3n) is 3.16. The zero-order chi connectivity index (χ0) is 14.7. The molecule has 108 valence electrons. The quantitative estimate of drug-likeness (QED) is 0.813. The van der Waals surface area contributed by atoms with Crippen LogP contribution < -0.4 is 0 Å². The number of hydrogen-bond acceptors (Lipinski definition) is 4. The Balaban J connectivity index is 1.81. The molecule has 3 rings (SSSR count). The third-order valence-corrected chi connectivity index (χ3v) is 3.39. The van der Waals surface area contributed by atoms with Gasteiger partial charge >= 0.3 is 0 Å². The maximum absolute atomic E-state index is 11.9. The molecular formula is C15H13ClN2O3. The summed E-state index contributed by atoms with van der Waals surface area (Å²) in [6.45, 7) is 0. The summed E-state index contributed by atoms with van der Waals surface area (Å²) >= 11 is 5.64. The molecule has 2 aromatic rings. The minimum absolute atomic E-state index is 0.115. The Hall–Kier alpha value is -2.27. The van der Waals surface area contributed by atoms with E-state index in [1.54, 1.807) is 18.6 Å². The number of nitrogens with zero attached hydrogens (tertiary/aromatic N) is 2. The highest BCUT2D eigenvalue weighted by atomic mass is 35.5. The standard InChI is InChI=1S/C15H13ClN2O3/c16-10-15(19)18-13(14-4-2-8-21-14)9-11(17-18)5-6-12-3-1-7-20-12/h1-8,13H,9-10H2. The van der Waals surface area contributed by atoms with Gasteiger partial charge in [0, 0.05) is 6.42 Å². The molecule has 0 radical (unpaired) electrons. The maximum Gasteiger partial charge on any atom is 0.258 e. The van der Waals surface area contributed by atoms with E-state index in [1.165, 1.54) is 5.01 Å². The highest BCUT2D eigenvalue weighted by molar-refractivity contribution is 6.27. The Morgan fingerprint density at radius 1 is 1.33 bits per heavy atom. The predicted molar refractivity (Wildman–Crippen MR) is 78.8 cm³/mol. The first-order valence-electron chi connectivity index (χ1n) is 6.48. The molecule has 5 nitrogen and oxygen atoms in total. The number of carbonyl (C=O) groups is 1. The molecule has 21 heavy (non-hydrogen) atoms. The van der Waals surface area contributed by atoms with Gasteiger partial charge in [-0.2, -0.15) is 5.10 Å². The van der Waals surface area contributed by atoms with Gasteiger partial charge in [-0.25, -0.2) is 5.01 Å². The van der Waals surface area contributed by atoms with E-state index in [0.29, 0.717) is 12.2 Å². The van der Waals surface area contributed by atoms with Crippen LogP contribution in [0.15, 0.2) is 56.8 Å².